The molecule has 3 rings (SSSR count). The van der Waals surface area contributed by atoms with Gasteiger partial charge in [0.2, 0.25) is 5.91 Å². The van der Waals surface area contributed by atoms with Gasteiger partial charge in [-0.2, -0.15) is 0 Å². The van der Waals surface area contributed by atoms with Crippen molar-refractivity contribution < 1.29 is 9.53 Å². The van der Waals surface area contributed by atoms with E-state index >= 15 is 0 Å². The molecule has 0 bridgehead atoms. The number of nitrogens with one attached hydrogen (secondary N) is 2. The number of hydrogen-bond acceptors (Lipinski definition) is 4. The average molecular weight is 424 g/mol. The predicted molar refractivity (Wildman–Crippen MR) is 115 cm³/mol. The van der Waals surface area contributed by atoms with E-state index in [9.17, 15) is 4.79 Å². The molecular weight excluding hydrogens is 397 g/mol. The number of amides is 1. The van der Waals surface area contributed by atoms with Crippen molar-refractivity contribution in [2.24, 2.45) is 0 Å². The van der Waals surface area contributed by atoms with Crippen molar-refractivity contribution in [2.75, 3.05) is 33.3 Å². The molecule has 1 heterocycles. The highest BCUT2D eigenvalue weighted by molar-refractivity contribution is 6.31. The van der Waals surface area contributed by atoms with Crippen molar-refractivity contribution in [3.05, 3.63) is 70.2 Å². The second-order valence-electron chi connectivity index (χ2n) is 6.74. The van der Waals surface area contributed by atoms with Gasteiger partial charge in [-0.05, 0) is 22.8 Å². The number of piperazine rings is 1. The van der Waals surface area contributed by atoms with Gasteiger partial charge in [0.25, 0.3) is 0 Å². The molecule has 0 spiro atoms. The van der Waals surface area contributed by atoms with Crippen molar-refractivity contribution in [2.45, 2.75) is 19.2 Å². The molecule has 2 aromatic rings. The molecule has 7 heteroatoms. The molecular formula is C21H27Cl2N3O2. The molecule has 1 unspecified atom stereocenters. The second-order valence-corrected chi connectivity index (χ2v) is 7.15. The Morgan fingerprint density at radius 2 is 2.04 bits per heavy atom. The zero-order valence-electron chi connectivity index (χ0n) is 16.0. The Hall–Kier alpha value is -1.63. The van der Waals surface area contributed by atoms with Gasteiger partial charge in [0, 0.05) is 44.4 Å². The van der Waals surface area contributed by atoms with Crippen LogP contribution in [0.1, 0.15) is 22.7 Å². The molecule has 1 aliphatic heterocycles. The lowest BCUT2D eigenvalue weighted by Gasteiger charge is -2.36. The van der Waals surface area contributed by atoms with E-state index in [1.54, 1.807) is 7.11 Å². The number of rotatable bonds is 7. The van der Waals surface area contributed by atoms with Crippen molar-refractivity contribution in [3.8, 4) is 0 Å². The van der Waals surface area contributed by atoms with Gasteiger partial charge in [0.05, 0.1) is 13.2 Å². The summed E-state index contributed by atoms with van der Waals surface area (Å²) in [6.07, 6.45) is 0. The lowest BCUT2D eigenvalue weighted by atomic mass is 10.0. The quantitative estimate of drug-likeness (QED) is 0.717. The van der Waals surface area contributed by atoms with Crippen molar-refractivity contribution in [1.29, 1.82) is 0 Å². The molecule has 1 saturated heterocycles. The van der Waals surface area contributed by atoms with Crippen LogP contribution >= 0.6 is 24.0 Å². The van der Waals surface area contributed by atoms with E-state index in [0.717, 1.165) is 41.3 Å². The number of carbonyl (C=O) groups is 1. The van der Waals surface area contributed by atoms with Crippen LogP contribution in [0.2, 0.25) is 5.02 Å². The first-order valence-corrected chi connectivity index (χ1v) is 9.58. The van der Waals surface area contributed by atoms with Crippen LogP contribution in [0.4, 0.5) is 0 Å². The molecule has 1 atom stereocenters. The highest BCUT2D eigenvalue weighted by Crippen LogP contribution is 2.28. The molecule has 0 aromatic heterocycles. The van der Waals surface area contributed by atoms with Crippen LogP contribution in [0.3, 0.4) is 0 Å². The number of nitrogens with zero attached hydrogens (tertiary/aromatic N) is 1. The Labute approximate surface area is 177 Å². The van der Waals surface area contributed by atoms with E-state index in [0.29, 0.717) is 19.7 Å². The summed E-state index contributed by atoms with van der Waals surface area (Å²) in [5, 5.41) is 7.17. The number of methoxy groups -OCH3 is 1. The van der Waals surface area contributed by atoms with E-state index < -0.39 is 0 Å². The summed E-state index contributed by atoms with van der Waals surface area (Å²) >= 11 is 6.38. The number of hydrogen-bond donors (Lipinski definition) is 2. The van der Waals surface area contributed by atoms with Crippen LogP contribution in [0.15, 0.2) is 48.5 Å². The van der Waals surface area contributed by atoms with Gasteiger partial charge in [-0.25, -0.2) is 0 Å². The average Bonchev–Trinajstić information content (AvgIpc) is 2.68. The molecule has 0 aliphatic carbocycles. The third kappa shape index (κ3) is 6.19. The highest BCUT2D eigenvalue weighted by atomic mass is 35.5. The first-order chi connectivity index (χ1) is 13.2. The normalized spacial score (nSPS) is 17.0. The van der Waals surface area contributed by atoms with Gasteiger partial charge in [-0.15, -0.1) is 12.4 Å². The molecule has 1 fully saturated rings. The summed E-state index contributed by atoms with van der Waals surface area (Å²) in [7, 11) is 1.68. The number of ether oxygens (including phenoxy) is 1. The minimum atomic E-state index is 0. The van der Waals surface area contributed by atoms with Gasteiger partial charge < -0.3 is 15.4 Å². The lowest BCUT2D eigenvalue weighted by molar-refractivity contribution is -0.123. The molecule has 28 heavy (non-hydrogen) atoms. The van der Waals surface area contributed by atoms with Crippen LogP contribution in [0.25, 0.3) is 0 Å². The number of halogens is 2. The number of carbonyl (C=O) groups excluding carboxylic acids is 1. The van der Waals surface area contributed by atoms with E-state index in [-0.39, 0.29) is 24.4 Å². The van der Waals surface area contributed by atoms with Gasteiger partial charge in [0.15, 0.2) is 0 Å². The molecule has 2 aromatic carbocycles. The second kappa shape index (κ2) is 11.4. The Morgan fingerprint density at radius 1 is 1.25 bits per heavy atom. The standard InChI is InChI=1S/C21H26ClN3O2.ClH/c1-27-15-17-6-4-5-16(11-17)12-24-21(26)14-25-10-9-23-13-20(25)18-7-2-3-8-19(18)22;/h2-8,11,20,23H,9-10,12-15H2,1H3,(H,24,26);1H. The van der Waals surface area contributed by atoms with Crippen molar-refractivity contribution in [3.63, 3.8) is 0 Å². The van der Waals surface area contributed by atoms with Crippen LogP contribution in [-0.2, 0) is 22.7 Å². The summed E-state index contributed by atoms with van der Waals surface area (Å²) < 4.78 is 5.16. The van der Waals surface area contributed by atoms with E-state index in [4.69, 9.17) is 16.3 Å². The molecule has 0 saturated carbocycles. The molecule has 2 N–H and O–H groups in total. The smallest absolute Gasteiger partial charge is 0.234 e. The fraction of sp³-hybridized carbons (Fsp3) is 0.381. The minimum absolute atomic E-state index is 0. The fourth-order valence-corrected chi connectivity index (χ4v) is 3.69. The van der Waals surface area contributed by atoms with Crippen LogP contribution < -0.4 is 10.6 Å². The summed E-state index contributed by atoms with van der Waals surface area (Å²) in [6.45, 7) is 3.91. The Bertz CT molecular complexity index is 773. The monoisotopic (exact) mass is 423 g/mol. The summed E-state index contributed by atoms with van der Waals surface area (Å²) in [4.78, 5) is 14.7. The molecule has 1 aliphatic rings. The van der Waals surface area contributed by atoms with Gasteiger partial charge in [-0.3, -0.25) is 9.69 Å². The zero-order chi connectivity index (χ0) is 19.1. The van der Waals surface area contributed by atoms with Crippen LogP contribution in [-0.4, -0.2) is 44.1 Å². The Balaban J connectivity index is 0.00000280. The fourth-order valence-electron chi connectivity index (χ4n) is 3.42. The van der Waals surface area contributed by atoms with Gasteiger partial charge in [-0.1, -0.05) is 54.1 Å². The van der Waals surface area contributed by atoms with Crippen molar-refractivity contribution in [1.82, 2.24) is 15.5 Å². The first kappa shape index (κ1) is 22.7. The van der Waals surface area contributed by atoms with Gasteiger partial charge >= 0.3 is 0 Å². The highest BCUT2D eigenvalue weighted by Gasteiger charge is 2.26. The molecule has 5 nitrogen and oxygen atoms in total. The van der Waals surface area contributed by atoms with Crippen LogP contribution in [0, 0.1) is 0 Å². The molecule has 0 radical (unpaired) electrons. The SMILES string of the molecule is COCc1cccc(CNC(=O)CN2CCNCC2c2ccccc2Cl)c1.Cl. The first-order valence-electron chi connectivity index (χ1n) is 9.20. The van der Waals surface area contributed by atoms with Crippen molar-refractivity contribution >= 4 is 29.9 Å². The van der Waals surface area contributed by atoms with Gasteiger partial charge in [0.1, 0.15) is 0 Å². The Kier molecular flexibility index (Phi) is 9.22. The predicted octanol–water partition coefficient (Wildman–Crippen LogP) is 3.17. The third-order valence-electron chi connectivity index (χ3n) is 4.76. The summed E-state index contributed by atoms with van der Waals surface area (Å²) in [6, 6.07) is 16.0. The molecule has 152 valence electrons. The maximum absolute atomic E-state index is 12.5. The summed E-state index contributed by atoms with van der Waals surface area (Å²) in [5.74, 6) is 0.0195. The zero-order valence-corrected chi connectivity index (χ0v) is 17.6. The number of benzene rings is 2. The maximum Gasteiger partial charge on any atom is 0.234 e. The Morgan fingerprint density at radius 3 is 2.82 bits per heavy atom. The third-order valence-corrected chi connectivity index (χ3v) is 5.10. The largest absolute Gasteiger partial charge is 0.380 e. The van der Waals surface area contributed by atoms with Crippen LogP contribution in [0.5, 0.6) is 0 Å². The topological polar surface area (TPSA) is 53.6 Å². The molecule has 1 amide bonds. The van der Waals surface area contributed by atoms with E-state index in [1.165, 1.54) is 0 Å². The minimum Gasteiger partial charge on any atom is -0.380 e. The van der Waals surface area contributed by atoms with E-state index in [1.807, 2.05) is 42.5 Å². The van der Waals surface area contributed by atoms with E-state index in [2.05, 4.69) is 21.6 Å². The maximum atomic E-state index is 12.5. The summed E-state index contributed by atoms with van der Waals surface area (Å²) in [5.41, 5.74) is 3.23. The lowest BCUT2D eigenvalue weighted by Crippen LogP contribution is -2.49.